The van der Waals surface area contributed by atoms with Gasteiger partial charge in [-0.05, 0) is 30.2 Å². The molecule has 2 N–H and O–H groups in total. The Labute approximate surface area is 111 Å². The van der Waals surface area contributed by atoms with Gasteiger partial charge in [-0.1, -0.05) is 13.8 Å². The number of carbonyl (C=O) groups is 1. The van der Waals surface area contributed by atoms with Crippen molar-refractivity contribution in [3.8, 4) is 0 Å². The van der Waals surface area contributed by atoms with Crippen molar-refractivity contribution in [3.63, 3.8) is 0 Å². The molecule has 0 saturated heterocycles. The topological polar surface area (TPSA) is 83.5 Å². The Bertz CT molecular complexity index is 539. The molecule has 0 aliphatic carbocycles. The summed E-state index contributed by atoms with van der Waals surface area (Å²) in [5.41, 5.74) is 0. The van der Waals surface area contributed by atoms with Crippen LogP contribution in [0.2, 0.25) is 0 Å². The van der Waals surface area contributed by atoms with Crippen LogP contribution in [0.1, 0.15) is 20.3 Å². The van der Waals surface area contributed by atoms with Gasteiger partial charge in [-0.2, -0.15) is 0 Å². The summed E-state index contributed by atoms with van der Waals surface area (Å²) in [7, 11) is -3.85. The second kappa shape index (κ2) is 6.12. The maximum absolute atomic E-state index is 12.7. The van der Waals surface area contributed by atoms with E-state index in [0.29, 0.717) is 0 Å². The van der Waals surface area contributed by atoms with Crippen molar-refractivity contribution < 1.29 is 22.7 Å². The van der Waals surface area contributed by atoms with Crippen molar-refractivity contribution >= 4 is 16.0 Å². The zero-order valence-corrected chi connectivity index (χ0v) is 11.4. The third-order valence-electron chi connectivity index (χ3n) is 2.63. The molecule has 1 aromatic carbocycles. The minimum absolute atomic E-state index is 0.0926. The van der Waals surface area contributed by atoms with E-state index in [9.17, 15) is 17.6 Å². The SMILES string of the molecule is CC(C)[C@H](CC(=O)O)NS(=O)(=O)c1ccc(F)cc1. The zero-order valence-electron chi connectivity index (χ0n) is 10.6. The fraction of sp³-hybridized carbons (Fsp3) is 0.417. The van der Waals surface area contributed by atoms with E-state index >= 15 is 0 Å². The van der Waals surface area contributed by atoms with E-state index in [1.807, 2.05) is 0 Å². The summed E-state index contributed by atoms with van der Waals surface area (Å²) in [6.07, 6.45) is -0.307. The number of hydrogen-bond donors (Lipinski definition) is 2. The predicted molar refractivity (Wildman–Crippen MR) is 67.6 cm³/mol. The van der Waals surface area contributed by atoms with Crippen molar-refractivity contribution in [3.05, 3.63) is 30.1 Å². The van der Waals surface area contributed by atoms with Crippen LogP contribution in [0, 0.1) is 11.7 Å². The molecule has 0 saturated carbocycles. The minimum atomic E-state index is -3.85. The largest absolute Gasteiger partial charge is 0.481 e. The first-order chi connectivity index (χ1) is 8.72. The van der Waals surface area contributed by atoms with Crippen LogP contribution in [0.5, 0.6) is 0 Å². The Morgan fingerprint density at radius 1 is 1.32 bits per heavy atom. The Morgan fingerprint density at radius 2 is 1.84 bits per heavy atom. The molecule has 7 heteroatoms. The van der Waals surface area contributed by atoms with Crippen LogP contribution in [-0.4, -0.2) is 25.5 Å². The highest BCUT2D eigenvalue weighted by Gasteiger charge is 2.24. The van der Waals surface area contributed by atoms with E-state index < -0.39 is 27.9 Å². The smallest absolute Gasteiger partial charge is 0.304 e. The lowest BCUT2D eigenvalue weighted by atomic mass is 10.0. The molecule has 5 nitrogen and oxygen atoms in total. The average molecular weight is 289 g/mol. The van der Waals surface area contributed by atoms with Gasteiger partial charge in [0.25, 0.3) is 0 Å². The first kappa shape index (κ1) is 15.6. The molecule has 0 unspecified atom stereocenters. The lowest BCUT2D eigenvalue weighted by molar-refractivity contribution is -0.137. The van der Waals surface area contributed by atoms with Gasteiger partial charge < -0.3 is 5.11 Å². The molecule has 0 fully saturated rings. The Hall–Kier alpha value is -1.47. The summed E-state index contributed by atoms with van der Waals surface area (Å²) < 4.78 is 39.1. The van der Waals surface area contributed by atoms with Crippen LogP contribution in [0.3, 0.4) is 0 Å². The fourth-order valence-corrected chi connectivity index (χ4v) is 2.87. The van der Waals surface area contributed by atoms with E-state index in [-0.39, 0.29) is 17.2 Å². The molecule has 0 aliphatic rings. The molecular formula is C12H16FNO4S. The van der Waals surface area contributed by atoms with Gasteiger partial charge in [0.1, 0.15) is 5.82 Å². The van der Waals surface area contributed by atoms with Crippen LogP contribution in [0.25, 0.3) is 0 Å². The van der Waals surface area contributed by atoms with Gasteiger partial charge in [-0.3, -0.25) is 4.79 Å². The van der Waals surface area contributed by atoms with Crippen molar-refractivity contribution in [1.29, 1.82) is 0 Å². The molecule has 1 aromatic rings. The van der Waals surface area contributed by atoms with Crippen molar-refractivity contribution in [1.82, 2.24) is 4.72 Å². The highest BCUT2D eigenvalue weighted by atomic mass is 32.2. The second-order valence-corrected chi connectivity index (χ2v) is 6.24. The number of halogens is 1. The van der Waals surface area contributed by atoms with Crippen molar-refractivity contribution in [2.24, 2.45) is 5.92 Å². The normalized spacial score (nSPS) is 13.5. The maximum atomic E-state index is 12.7. The number of carboxylic acid groups (broad SMARTS) is 1. The van der Waals surface area contributed by atoms with Gasteiger partial charge in [-0.25, -0.2) is 17.5 Å². The maximum Gasteiger partial charge on any atom is 0.304 e. The average Bonchev–Trinajstić information content (AvgIpc) is 2.27. The van der Waals surface area contributed by atoms with Crippen LogP contribution in [0.15, 0.2) is 29.2 Å². The first-order valence-corrected chi connectivity index (χ1v) is 7.20. The zero-order chi connectivity index (χ0) is 14.6. The molecule has 1 atom stereocenters. The van der Waals surface area contributed by atoms with Crippen molar-refractivity contribution in [2.45, 2.75) is 31.2 Å². The summed E-state index contributed by atoms with van der Waals surface area (Å²) >= 11 is 0. The number of benzene rings is 1. The van der Waals surface area contributed by atoms with Crippen molar-refractivity contribution in [2.75, 3.05) is 0 Å². The summed E-state index contributed by atoms with van der Waals surface area (Å²) in [6, 6.07) is 3.63. The number of carboxylic acids is 1. The number of aliphatic carboxylic acids is 1. The summed E-state index contributed by atoms with van der Waals surface area (Å²) in [4.78, 5) is 10.6. The Balaban J connectivity index is 2.93. The minimum Gasteiger partial charge on any atom is -0.481 e. The van der Waals surface area contributed by atoms with E-state index in [2.05, 4.69) is 4.72 Å². The lowest BCUT2D eigenvalue weighted by Gasteiger charge is -2.20. The Kier molecular flexibility index (Phi) is 5.02. The van der Waals surface area contributed by atoms with Gasteiger partial charge in [0, 0.05) is 6.04 Å². The highest BCUT2D eigenvalue weighted by molar-refractivity contribution is 7.89. The molecule has 106 valence electrons. The number of sulfonamides is 1. The molecule has 0 aromatic heterocycles. The van der Waals surface area contributed by atoms with E-state index in [1.165, 1.54) is 0 Å². The second-order valence-electron chi connectivity index (χ2n) is 4.52. The molecule has 19 heavy (non-hydrogen) atoms. The molecule has 1 rings (SSSR count). The number of hydrogen-bond acceptors (Lipinski definition) is 3. The summed E-state index contributed by atoms with van der Waals surface area (Å²) in [6.45, 7) is 3.45. The number of nitrogens with one attached hydrogen (secondary N) is 1. The number of rotatable bonds is 6. The standard InChI is InChI=1S/C12H16FNO4S/c1-8(2)11(7-12(15)16)14-19(17,18)10-5-3-9(13)4-6-10/h3-6,8,11,14H,7H2,1-2H3,(H,15,16)/t11-/m0/s1. The van der Waals surface area contributed by atoms with Crippen LogP contribution in [-0.2, 0) is 14.8 Å². The molecule has 0 heterocycles. The predicted octanol–water partition coefficient (Wildman–Crippen LogP) is 1.60. The quantitative estimate of drug-likeness (QED) is 0.833. The van der Waals surface area contributed by atoms with Crippen LogP contribution >= 0.6 is 0 Å². The Morgan fingerprint density at radius 3 is 2.26 bits per heavy atom. The highest BCUT2D eigenvalue weighted by Crippen LogP contribution is 2.14. The first-order valence-electron chi connectivity index (χ1n) is 5.72. The molecule has 0 radical (unpaired) electrons. The summed E-state index contributed by atoms with van der Waals surface area (Å²) in [5, 5.41) is 8.75. The fourth-order valence-electron chi connectivity index (χ4n) is 1.48. The molecule has 0 spiro atoms. The third kappa shape index (κ3) is 4.60. The van der Waals surface area contributed by atoms with E-state index in [4.69, 9.17) is 5.11 Å². The third-order valence-corrected chi connectivity index (χ3v) is 4.14. The van der Waals surface area contributed by atoms with Gasteiger partial charge >= 0.3 is 5.97 Å². The lowest BCUT2D eigenvalue weighted by Crippen LogP contribution is -2.40. The molecular weight excluding hydrogens is 273 g/mol. The van der Waals surface area contributed by atoms with Gasteiger partial charge in [-0.15, -0.1) is 0 Å². The monoisotopic (exact) mass is 289 g/mol. The molecule has 0 bridgehead atoms. The van der Waals surface area contributed by atoms with Crippen LogP contribution in [0.4, 0.5) is 4.39 Å². The van der Waals surface area contributed by atoms with Gasteiger partial charge in [0.2, 0.25) is 10.0 Å². The molecule has 0 aliphatic heterocycles. The summed E-state index contributed by atoms with van der Waals surface area (Å²) in [5.74, 6) is -1.79. The van der Waals surface area contributed by atoms with E-state index in [0.717, 1.165) is 24.3 Å². The van der Waals surface area contributed by atoms with Gasteiger partial charge in [0.15, 0.2) is 0 Å². The molecule has 0 amide bonds. The van der Waals surface area contributed by atoms with E-state index in [1.54, 1.807) is 13.8 Å². The van der Waals surface area contributed by atoms with Gasteiger partial charge in [0.05, 0.1) is 11.3 Å². The van der Waals surface area contributed by atoms with Crippen LogP contribution < -0.4 is 4.72 Å².